The first-order chi connectivity index (χ1) is 11.7. The Morgan fingerprint density at radius 3 is 2.46 bits per heavy atom. The van der Waals surface area contributed by atoms with E-state index in [0.29, 0.717) is 24.7 Å². The van der Waals surface area contributed by atoms with E-state index in [1.807, 2.05) is 60.7 Å². The van der Waals surface area contributed by atoms with E-state index >= 15 is 0 Å². The number of hydrogen-bond donors (Lipinski definition) is 1. The number of anilines is 1. The van der Waals surface area contributed by atoms with Gasteiger partial charge in [0, 0.05) is 31.3 Å². The summed E-state index contributed by atoms with van der Waals surface area (Å²) in [5.74, 6) is 1.07. The first-order valence-electron chi connectivity index (χ1n) is 7.67. The minimum atomic E-state index is -0.173. The van der Waals surface area contributed by atoms with Crippen molar-refractivity contribution in [1.82, 2.24) is 15.0 Å². The van der Waals surface area contributed by atoms with E-state index in [2.05, 4.69) is 15.5 Å². The maximum atomic E-state index is 12.1. The van der Waals surface area contributed by atoms with Gasteiger partial charge in [-0.05, 0) is 24.3 Å². The van der Waals surface area contributed by atoms with Crippen molar-refractivity contribution >= 4 is 11.7 Å². The highest BCUT2D eigenvalue weighted by atomic mass is 16.5. The van der Waals surface area contributed by atoms with E-state index in [-0.39, 0.29) is 6.03 Å². The summed E-state index contributed by atoms with van der Waals surface area (Å²) in [6.07, 6.45) is 0.523. The van der Waals surface area contributed by atoms with Gasteiger partial charge in [0.25, 0.3) is 5.89 Å². The predicted octanol–water partition coefficient (Wildman–Crippen LogP) is 3.44. The van der Waals surface area contributed by atoms with Crippen LogP contribution >= 0.6 is 0 Å². The molecule has 1 N–H and O–H groups in total. The molecule has 0 saturated carbocycles. The third-order valence-electron chi connectivity index (χ3n) is 3.53. The van der Waals surface area contributed by atoms with Crippen LogP contribution in [0.15, 0.2) is 65.2 Å². The maximum Gasteiger partial charge on any atom is 0.321 e. The summed E-state index contributed by atoms with van der Waals surface area (Å²) in [6.45, 7) is 0.492. The van der Waals surface area contributed by atoms with Crippen LogP contribution in [0, 0.1) is 0 Å². The number of nitrogens with one attached hydrogen (secondary N) is 1. The van der Waals surface area contributed by atoms with Gasteiger partial charge in [-0.15, -0.1) is 0 Å². The van der Waals surface area contributed by atoms with Gasteiger partial charge in [0.05, 0.1) is 0 Å². The molecule has 6 heteroatoms. The average Bonchev–Trinajstić information content (AvgIpc) is 3.10. The molecule has 0 spiro atoms. The molecule has 6 nitrogen and oxygen atoms in total. The van der Waals surface area contributed by atoms with Crippen molar-refractivity contribution in [2.75, 3.05) is 18.9 Å². The Kier molecular flexibility index (Phi) is 4.86. The predicted molar refractivity (Wildman–Crippen MR) is 91.5 cm³/mol. The Morgan fingerprint density at radius 2 is 1.75 bits per heavy atom. The molecular formula is C18H18N4O2. The largest absolute Gasteiger partial charge is 0.334 e. The fourth-order valence-electron chi connectivity index (χ4n) is 2.16. The number of benzene rings is 2. The van der Waals surface area contributed by atoms with Gasteiger partial charge in [-0.25, -0.2) is 4.79 Å². The molecule has 2 aromatic carbocycles. The van der Waals surface area contributed by atoms with Gasteiger partial charge in [-0.1, -0.05) is 41.6 Å². The van der Waals surface area contributed by atoms with E-state index < -0.39 is 0 Å². The number of hydrogen-bond acceptors (Lipinski definition) is 4. The fraction of sp³-hybridized carbons (Fsp3) is 0.167. The topological polar surface area (TPSA) is 71.3 Å². The van der Waals surface area contributed by atoms with Gasteiger partial charge in [0.1, 0.15) is 0 Å². The number of carbonyl (C=O) groups is 1. The lowest BCUT2D eigenvalue weighted by Crippen LogP contribution is -2.33. The molecule has 0 aliphatic carbocycles. The van der Waals surface area contributed by atoms with Crippen molar-refractivity contribution in [1.29, 1.82) is 0 Å². The molecule has 0 fully saturated rings. The van der Waals surface area contributed by atoms with E-state index in [1.165, 1.54) is 0 Å². The maximum absolute atomic E-state index is 12.1. The van der Waals surface area contributed by atoms with E-state index in [9.17, 15) is 4.79 Å². The Morgan fingerprint density at radius 1 is 1.08 bits per heavy atom. The van der Waals surface area contributed by atoms with Crippen LogP contribution in [0.25, 0.3) is 11.5 Å². The number of amides is 2. The lowest BCUT2D eigenvalue weighted by Gasteiger charge is -2.16. The Bertz CT molecular complexity index is 787. The van der Waals surface area contributed by atoms with Crippen molar-refractivity contribution < 1.29 is 9.32 Å². The Labute approximate surface area is 140 Å². The molecule has 24 heavy (non-hydrogen) atoms. The van der Waals surface area contributed by atoms with E-state index in [1.54, 1.807) is 11.9 Å². The SMILES string of the molecule is CN(CCc1noc(-c2ccccc2)n1)C(=O)Nc1ccccc1. The third-order valence-corrected chi connectivity index (χ3v) is 3.53. The second-order valence-corrected chi connectivity index (χ2v) is 5.35. The summed E-state index contributed by atoms with van der Waals surface area (Å²) in [5, 5.41) is 6.80. The highest BCUT2D eigenvalue weighted by molar-refractivity contribution is 5.89. The van der Waals surface area contributed by atoms with Crippen LogP contribution in [-0.4, -0.2) is 34.7 Å². The van der Waals surface area contributed by atoms with Crippen LogP contribution in [0.1, 0.15) is 5.82 Å². The molecule has 0 atom stereocenters. The Balaban J connectivity index is 1.54. The molecule has 0 unspecified atom stereocenters. The monoisotopic (exact) mass is 322 g/mol. The van der Waals surface area contributed by atoms with Crippen LogP contribution < -0.4 is 5.32 Å². The van der Waals surface area contributed by atoms with Crippen LogP contribution in [0.4, 0.5) is 10.5 Å². The van der Waals surface area contributed by atoms with Crippen LogP contribution in [0.2, 0.25) is 0 Å². The van der Waals surface area contributed by atoms with Crippen molar-refractivity contribution in [3.63, 3.8) is 0 Å². The van der Waals surface area contributed by atoms with E-state index in [4.69, 9.17) is 4.52 Å². The van der Waals surface area contributed by atoms with Crippen LogP contribution in [0.3, 0.4) is 0 Å². The second kappa shape index (κ2) is 7.41. The molecule has 3 rings (SSSR count). The van der Waals surface area contributed by atoms with Crippen molar-refractivity contribution in [2.45, 2.75) is 6.42 Å². The third kappa shape index (κ3) is 3.98. The van der Waals surface area contributed by atoms with Crippen molar-refractivity contribution in [3.8, 4) is 11.5 Å². The number of urea groups is 1. The summed E-state index contributed by atoms with van der Waals surface area (Å²) < 4.78 is 5.26. The average molecular weight is 322 g/mol. The highest BCUT2D eigenvalue weighted by Crippen LogP contribution is 2.16. The lowest BCUT2D eigenvalue weighted by atomic mass is 10.2. The van der Waals surface area contributed by atoms with Crippen LogP contribution in [0.5, 0.6) is 0 Å². The number of carbonyl (C=O) groups excluding carboxylic acids is 1. The minimum Gasteiger partial charge on any atom is -0.334 e. The number of para-hydroxylation sites is 1. The number of aromatic nitrogens is 2. The zero-order valence-corrected chi connectivity index (χ0v) is 13.3. The first-order valence-corrected chi connectivity index (χ1v) is 7.67. The van der Waals surface area contributed by atoms with Gasteiger partial charge in [-0.3, -0.25) is 0 Å². The molecular weight excluding hydrogens is 304 g/mol. The first kappa shape index (κ1) is 15.7. The minimum absolute atomic E-state index is 0.173. The molecule has 1 aromatic heterocycles. The summed E-state index contributed by atoms with van der Waals surface area (Å²) in [4.78, 5) is 18.1. The smallest absolute Gasteiger partial charge is 0.321 e. The van der Waals surface area contributed by atoms with Gasteiger partial charge in [-0.2, -0.15) is 4.98 Å². The summed E-state index contributed by atoms with van der Waals surface area (Å²) in [7, 11) is 1.73. The molecule has 122 valence electrons. The van der Waals surface area contributed by atoms with Gasteiger partial charge < -0.3 is 14.7 Å². The fourth-order valence-corrected chi connectivity index (χ4v) is 2.16. The molecule has 0 bridgehead atoms. The number of likely N-dealkylation sites (N-methyl/N-ethyl adjacent to an activating group) is 1. The molecule has 2 amide bonds. The van der Waals surface area contributed by atoms with Gasteiger partial charge >= 0.3 is 6.03 Å². The lowest BCUT2D eigenvalue weighted by molar-refractivity contribution is 0.222. The summed E-state index contributed by atoms with van der Waals surface area (Å²) >= 11 is 0. The standard InChI is InChI=1S/C18H18N4O2/c1-22(18(23)19-15-10-6-3-7-11-15)13-12-16-20-17(24-21-16)14-8-4-2-5-9-14/h2-11H,12-13H2,1H3,(H,19,23). The molecule has 1 heterocycles. The van der Waals surface area contributed by atoms with Crippen molar-refractivity contribution in [3.05, 3.63) is 66.5 Å². The van der Waals surface area contributed by atoms with E-state index in [0.717, 1.165) is 11.3 Å². The zero-order valence-electron chi connectivity index (χ0n) is 13.3. The van der Waals surface area contributed by atoms with Gasteiger partial charge in [0.2, 0.25) is 0 Å². The molecule has 3 aromatic rings. The Hall–Kier alpha value is -3.15. The number of rotatable bonds is 5. The molecule has 0 saturated heterocycles. The van der Waals surface area contributed by atoms with Gasteiger partial charge in [0.15, 0.2) is 5.82 Å². The van der Waals surface area contributed by atoms with Crippen molar-refractivity contribution in [2.24, 2.45) is 0 Å². The highest BCUT2D eigenvalue weighted by Gasteiger charge is 2.12. The zero-order chi connectivity index (χ0) is 16.8. The molecule has 0 aliphatic rings. The summed E-state index contributed by atoms with van der Waals surface area (Å²) in [5.41, 5.74) is 1.65. The van der Waals surface area contributed by atoms with Crippen LogP contribution in [-0.2, 0) is 6.42 Å². The normalized spacial score (nSPS) is 10.4. The summed E-state index contributed by atoms with van der Waals surface area (Å²) in [6, 6.07) is 18.8. The molecule has 0 radical (unpaired) electrons. The quantitative estimate of drug-likeness (QED) is 0.781. The second-order valence-electron chi connectivity index (χ2n) is 5.35. The molecule has 0 aliphatic heterocycles. The number of nitrogens with zero attached hydrogens (tertiary/aromatic N) is 3.